The predicted molar refractivity (Wildman–Crippen MR) is 90.0 cm³/mol. The molecule has 0 saturated carbocycles. The first-order valence-corrected chi connectivity index (χ1v) is 8.76. The Hall–Kier alpha value is -2.26. The molecule has 0 atom stereocenters. The molecule has 0 aromatic carbocycles. The summed E-state index contributed by atoms with van der Waals surface area (Å²) in [5, 5.41) is 3.46. The smallest absolute Gasteiger partial charge is 0.254 e. The van der Waals surface area contributed by atoms with Gasteiger partial charge in [-0.15, -0.1) is 0 Å². The van der Waals surface area contributed by atoms with Crippen LogP contribution in [0.5, 0.6) is 0 Å². The summed E-state index contributed by atoms with van der Waals surface area (Å²) in [5.41, 5.74) is 1.18. The number of ether oxygens (including phenoxy) is 1. The van der Waals surface area contributed by atoms with Gasteiger partial charge in [-0.25, -0.2) is 19.9 Å². The molecular formula is C15H18N6O2S. The van der Waals surface area contributed by atoms with Gasteiger partial charge in [-0.2, -0.15) is 0 Å². The van der Waals surface area contributed by atoms with E-state index in [2.05, 4.69) is 30.2 Å². The minimum atomic E-state index is -0.228. The molecule has 1 aliphatic heterocycles. The highest BCUT2D eigenvalue weighted by Gasteiger charge is 2.13. The Morgan fingerprint density at radius 3 is 2.71 bits per heavy atom. The number of rotatable bonds is 5. The number of aromatic nitrogens is 4. The number of carbonyl (C=O) groups excluding carboxylic acids is 1. The maximum absolute atomic E-state index is 12.1. The molecule has 24 heavy (non-hydrogen) atoms. The van der Waals surface area contributed by atoms with E-state index in [0.29, 0.717) is 30.5 Å². The number of hydrogen-bond acceptors (Lipinski definition) is 8. The third-order valence-electron chi connectivity index (χ3n) is 3.55. The van der Waals surface area contributed by atoms with Crippen molar-refractivity contribution >= 4 is 23.5 Å². The molecule has 0 spiro atoms. The maximum atomic E-state index is 12.1. The van der Waals surface area contributed by atoms with E-state index in [1.807, 2.05) is 12.3 Å². The fourth-order valence-corrected chi connectivity index (χ4v) is 2.58. The molecule has 1 saturated heterocycles. The number of morpholine rings is 1. The molecule has 2 aromatic rings. The van der Waals surface area contributed by atoms with Crippen molar-refractivity contribution < 1.29 is 9.53 Å². The Morgan fingerprint density at radius 1 is 1.25 bits per heavy atom. The van der Waals surface area contributed by atoms with Gasteiger partial charge in [-0.05, 0) is 6.26 Å². The van der Waals surface area contributed by atoms with Crippen LogP contribution in [0.25, 0.3) is 0 Å². The zero-order valence-corrected chi connectivity index (χ0v) is 14.1. The van der Waals surface area contributed by atoms with E-state index >= 15 is 0 Å². The number of amides is 1. The summed E-state index contributed by atoms with van der Waals surface area (Å²) < 4.78 is 5.34. The molecule has 3 rings (SSSR count). The van der Waals surface area contributed by atoms with Crippen molar-refractivity contribution in [2.75, 3.05) is 37.5 Å². The summed E-state index contributed by atoms with van der Waals surface area (Å²) in [7, 11) is 0. The normalized spacial score (nSPS) is 14.5. The summed E-state index contributed by atoms with van der Waals surface area (Å²) in [6, 6.07) is 1.89. The summed E-state index contributed by atoms with van der Waals surface area (Å²) in [4.78, 5) is 31.0. The van der Waals surface area contributed by atoms with Gasteiger partial charge in [0.05, 0.1) is 31.0 Å². The van der Waals surface area contributed by atoms with Gasteiger partial charge in [0, 0.05) is 31.5 Å². The largest absolute Gasteiger partial charge is 0.378 e. The fourth-order valence-electron chi connectivity index (χ4n) is 2.26. The Balaban J connectivity index is 1.60. The van der Waals surface area contributed by atoms with E-state index in [1.54, 1.807) is 0 Å². The lowest BCUT2D eigenvalue weighted by molar-refractivity contribution is 0.0949. The van der Waals surface area contributed by atoms with Crippen molar-refractivity contribution in [2.24, 2.45) is 0 Å². The van der Waals surface area contributed by atoms with Gasteiger partial charge in [0.2, 0.25) is 0 Å². The van der Waals surface area contributed by atoms with E-state index in [4.69, 9.17) is 4.74 Å². The van der Waals surface area contributed by atoms with Crippen molar-refractivity contribution in [1.82, 2.24) is 25.3 Å². The summed E-state index contributed by atoms with van der Waals surface area (Å²) >= 11 is 1.43. The Kier molecular flexibility index (Phi) is 5.55. The molecule has 1 fully saturated rings. The molecule has 2 aromatic heterocycles. The zero-order valence-electron chi connectivity index (χ0n) is 13.3. The summed E-state index contributed by atoms with van der Waals surface area (Å²) in [6.45, 7) is 3.33. The topological polar surface area (TPSA) is 93.1 Å². The number of thioether (sulfide) groups is 1. The first-order chi connectivity index (χ1) is 11.8. The standard InChI is InChI=1S/C15H18N6O2S/c1-24-15-17-7-11(8-18-15)14(22)16-9-12-6-13(20-10-19-12)21-2-4-23-5-3-21/h6-8,10H,2-5,9H2,1H3,(H,16,22). The molecule has 8 nitrogen and oxygen atoms in total. The van der Waals surface area contributed by atoms with E-state index < -0.39 is 0 Å². The van der Waals surface area contributed by atoms with Gasteiger partial charge >= 0.3 is 0 Å². The van der Waals surface area contributed by atoms with Crippen molar-refractivity contribution in [1.29, 1.82) is 0 Å². The van der Waals surface area contributed by atoms with Crippen LogP contribution in [-0.2, 0) is 11.3 Å². The Morgan fingerprint density at radius 2 is 2.00 bits per heavy atom. The predicted octanol–water partition coefficient (Wildman–Crippen LogP) is 0.755. The van der Waals surface area contributed by atoms with E-state index in [0.717, 1.165) is 24.6 Å². The van der Waals surface area contributed by atoms with Crippen LogP contribution >= 0.6 is 11.8 Å². The van der Waals surface area contributed by atoms with Crippen LogP contribution in [0.15, 0.2) is 29.9 Å². The molecule has 9 heteroatoms. The molecule has 0 aliphatic carbocycles. The van der Waals surface area contributed by atoms with Gasteiger partial charge in [0.15, 0.2) is 5.16 Å². The number of nitrogens with one attached hydrogen (secondary N) is 1. The van der Waals surface area contributed by atoms with Crippen LogP contribution in [0, 0.1) is 0 Å². The van der Waals surface area contributed by atoms with Crippen molar-refractivity contribution in [3.05, 3.63) is 36.0 Å². The molecule has 1 amide bonds. The lowest BCUT2D eigenvalue weighted by Crippen LogP contribution is -2.37. The second-order valence-corrected chi connectivity index (χ2v) is 5.88. The highest BCUT2D eigenvalue weighted by Crippen LogP contribution is 2.13. The van der Waals surface area contributed by atoms with E-state index in [9.17, 15) is 4.79 Å². The van der Waals surface area contributed by atoms with Crippen molar-refractivity contribution in [2.45, 2.75) is 11.7 Å². The second kappa shape index (κ2) is 8.02. The first kappa shape index (κ1) is 16.6. The second-order valence-electron chi connectivity index (χ2n) is 5.11. The van der Waals surface area contributed by atoms with Crippen LogP contribution in [-0.4, -0.2) is 58.4 Å². The van der Waals surface area contributed by atoms with Crippen molar-refractivity contribution in [3.8, 4) is 0 Å². The molecule has 3 heterocycles. The highest BCUT2D eigenvalue weighted by atomic mass is 32.2. The van der Waals surface area contributed by atoms with Crippen molar-refractivity contribution in [3.63, 3.8) is 0 Å². The zero-order chi connectivity index (χ0) is 16.8. The first-order valence-electron chi connectivity index (χ1n) is 7.54. The van der Waals surface area contributed by atoms with Crippen LogP contribution < -0.4 is 10.2 Å². The number of carbonyl (C=O) groups is 1. The average molecular weight is 346 g/mol. The third-order valence-corrected chi connectivity index (χ3v) is 4.12. The molecule has 1 aliphatic rings. The van der Waals surface area contributed by atoms with Crippen LogP contribution in [0.4, 0.5) is 5.82 Å². The lowest BCUT2D eigenvalue weighted by atomic mass is 10.3. The van der Waals surface area contributed by atoms with Crippen LogP contribution in [0.3, 0.4) is 0 Å². The summed E-state index contributed by atoms with van der Waals surface area (Å²) in [5.74, 6) is 0.624. The minimum Gasteiger partial charge on any atom is -0.378 e. The quantitative estimate of drug-likeness (QED) is 0.626. The monoisotopic (exact) mass is 346 g/mol. The Labute approximate surface area is 144 Å². The van der Waals surface area contributed by atoms with Gasteiger partial charge in [-0.3, -0.25) is 4.79 Å². The molecule has 0 bridgehead atoms. The third kappa shape index (κ3) is 4.18. The summed E-state index contributed by atoms with van der Waals surface area (Å²) in [6.07, 6.45) is 6.44. The Bertz CT molecular complexity index is 691. The van der Waals surface area contributed by atoms with Gasteiger partial charge in [-0.1, -0.05) is 11.8 Å². The number of nitrogens with zero attached hydrogens (tertiary/aromatic N) is 5. The maximum Gasteiger partial charge on any atom is 0.254 e. The van der Waals surface area contributed by atoms with Crippen LogP contribution in [0.1, 0.15) is 16.1 Å². The van der Waals surface area contributed by atoms with Crippen LogP contribution in [0.2, 0.25) is 0 Å². The highest BCUT2D eigenvalue weighted by molar-refractivity contribution is 7.98. The fraction of sp³-hybridized carbons (Fsp3) is 0.400. The average Bonchev–Trinajstić information content (AvgIpc) is 2.67. The lowest BCUT2D eigenvalue weighted by Gasteiger charge is -2.27. The van der Waals surface area contributed by atoms with E-state index in [1.165, 1.54) is 30.5 Å². The molecule has 0 radical (unpaired) electrons. The molecule has 0 unspecified atom stereocenters. The van der Waals surface area contributed by atoms with Gasteiger partial charge in [0.1, 0.15) is 12.1 Å². The molecule has 126 valence electrons. The number of hydrogen-bond donors (Lipinski definition) is 1. The SMILES string of the molecule is CSc1ncc(C(=O)NCc2cc(N3CCOCC3)ncn2)cn1. The van der Waals surface area contributed by atoms with Gasteiger partial charge in [0.25, 0.3) is 5.91 Å². The molecule has 1 N–H and O–H groups in total. The number of anilines is 1. The van der Waals surface area contributed by atoms with Gasteiger partial charge < -0.3 is 15.0 Å². The molecular weight excluding hydrogens is 328 g/mol. The minimum absolute atomic E-state index is 0.228. The van der Waals surface area contributed by atoms with E-state index in [-0.39, 0.29) is 5.91 Å².